The van der Waals surface area contributed by atoms with Gasteiger partial charge in [0.05, 0.1) is 6.20 Å². The molecule has 12 nitrogen and oxygen atoms in total. The zero-order chi connectivity index (χ0) is 40.9. The fourth-order valence-corrected chi connectivity index (χ4v) is 9.26. The summed E-state index contributed by atoms with van der Waals surface area (Å²) in [6.07, 6.45) is 11.6. The number of nitrogens with one attached hydrogen (secondary N) is 3. The molecule has 310 valence electrons. The van der Waals surface area contributed by atoms with Crippen LogP contribution >= 0.6 is 0 Å². The fraction of sp³-hybridized carbons (Fsp3) is 0.467. The summed E-state index contributed by atoms with van der Waals surface area (Å²) < 4.78 is 31.7. The van der Waals surface area contributed by atoms with Crippen LogP contribution in [0.4, 0.5) is 20.4 Å². The van der Waals surface area contributed by atoms with Crippen LogP contribution in [0.25, 0.3) is 16.9 Å². The second-order valence-corrected chi connectivity index (χ2v) is 16.6. The highest BCUT2D eigenvalue weighted by Crippen LogP contribution is 2.34. The van der Waals surface area contributed by atoms with Crippen molar-refractivity contribution in [2.45, 2.75) is 88.6 Å². The maximum absolute atomic E-state index is 15.2. The highest BCUT2D eigenvalue weighted by atomic mass is 19.1. The number of aromatic nitrogens is 3. The van der Waals surface area contributed by atoms with Crippen molar-refractivity contribution in [2.75, 3.05) is 43.4 Å². The molecule has 0 bridgehead atoms. The van der Waals surface area contributed by atoms with Crippen molar-refractivity contribution in [3.63, 3.8) is 0 Å². The SMILES string of the molecule is O=C1CCC(Nc2ccc(C3CCN(CCC4CCN(C(=O)[C@H]5CC[C@H](Nc6ncc(F)c(-c7cccc(-n8ccccc8=O)c7)n6)CC5)CC4)CC3)c(F)c2)C(=O)N1. The Balaban J connectivity index is 0.743. The van der Waals surface area contributed by atoms with E-state index in [9.17, 15) is 23.6 Å². The van der Waals surface area contributed by atoms with E-state index in [1.807, 2.05) is 12.1 Å². The third-order valence-corrected chi connectivity index (χ3v) is 12.8. The molecule has 0 radical (unpaired) electrons. The van der Waals surface area contributed by atoms with Gasteiger partial charge in [-0.3, -0.25) is 29.1 Å². The zero-order valence-corrected chi connectivity index (χ0v) is 33.3. The van der Waals surface area contributed by atoms with E-state index < -0.39 is 11.9 Å². The maximum Gasteiger partial charge on any atom is 0.255 e. The molecule has 3 aliphatic heterocycles. The number of hydrogen-bond acceptors (Lipinski definition) is 9. The number of benzene rings is 2. The molecule has 1 unspecified atom stereocenters. The van der Waals surface area contributed by atoms with Crippen molar-refractivity contribution in [2.24, 2.45) is 11.8 Å². The largest absolute Gasteiger partial charge is 0.374 e. The molecular formula is C45H52F2N8O4. The third kappa shape index (κ3) is 9.70. The molecule has 4 fully saturated rings. The summed E-state index contributed by atoms with van der Waals surface area (Å²) in [7, 11) is 0. The Morgan fingerprint density at radius 1 is 0.814 bits per heavy atom. The number of imide groups is 1. The van der Waals surface area contributed by atoms with Crippen LogP contribution in [0.2, 0.25) is 0 Å². The smallest absolute Gasteiger partial charge is 0.255 e. The van der Waals surface area contributed by atoms with Gasteiger partial charge in [-0.1, -0.05) is 24.3 Å². The van der Waals surface area contributed by atoms with E-state index in [4.69, 9.17) is 0 Å². The van der Waals surface area contributed by atoms with E-state index >= 15 is 4.39 Å². The summed E-state index contributed by atoms with van der Waals surface area (Å²) in [6.45, 7) is 4.46. The van der Waals surface area contributed by atoms with Crippen LogP contribution < -0.4 is 21.5 Å². The number of carbonyl (C=O) groups is 3. The molecule has 8 rings (SSSR count). The van der Waals surface area contributed by atoms with E-state index in [2.05, 4.69) is 35.7 Å². The van der Waals surface area contributed by atoms with Crippen LogP contribution in [-0.2, 0) is 14.4 Å². The molecule has 59 heavy (non-hydrogen) atoms. The minimum Gasteiger partial charge on any atom is -0.374 e. The first-order chi connectivity index (χ1) is 28.7. The van der Waals surface area contributed by atoms with Gasteiger partial charge >= 0.3 is 0 Å². The van der Waals surface area contributed by atoms with Gasteiger partial charge in [-0.05, 0) is 132 Å². The molecule has 1 atom stereocenters. The lowest BCUT2D eigenvalue weighted by Gasteiger charge is -2.37. The Labute approximate surface area is 342 Å². The van der Waals surface area contributed by atoms with Crippen LogP contribution in [0, 0.1) is 23.5 Å². The number of pyridine rings is 1. The lowest BCUT2D eigenvalue weighted by Crippen LogP contribution is -2.47. The van der Waals surface area contributed by atoms with Gasteiger partial charge in [0.1, 0.15) is 17.6 Å². The first kappa shape index (κ1) is 40.3. The number of hydrogen-bond donors (Lipinski definition) is 3. The number of rotatable bonds is 11. The quantitative estimate of drug-likeness (QED) is 0.150. The number of halogens is 2. The lowest BCUT2D eigenvalue weighted by molar-refractivity contribution is -0.138. The Kier molecular flexibility index (Phi) is 12.4. The number of amides is 3. The predicted octanol–water partition coefficient (Wildman–Crippen LogP) is 6.27. The Bertz CT molecular complexity index is 2210. The molecule has 1 aliphatic carbocycles. The standard InChI is InChI=1S/C45H52F2N8O4/c46-37-27-34(49-39-13-14-40(56)51-43(39)58)11-12-36(37)30-18-22-53(23-19-30)21-15-29-16-24-54(25-17-29)44(59)31-7-9-33(10-8-31)50-45-48-28-38(47)42(52-45)32-4-3-5-35(26-32)55-20-2-1-6-41(55)57/h1-6,11-12,20,26-31,33,39,49H,7-10,13-19,21-25H2,(H,48,50,52)(H,51,56,58)/t31-,33-,39?. The average molecular weight is 807 g/mol. The predicted molar refractivity (Wildman–Crippen MR) is 221 cm³/mol. The van der Waals surface area contributed by atoms with Crippen molar-refractivity contribution >= 4 is 29.4 Å². The third-order valence-electron chi connectivity index (χ3n) is 12.8. The average Bonchev–Trinajstić information content (AvgIpc) is 3.25. The van der Waals surface area contributed by atoms with Crippen LogP contribution in [0.5, 0.6) is 0 Å². The normalized spacial score (nSPS) is 22.2. The van der Waals surface area contributed by atoms with E-state index in [-0.39, 0.29) is 59.1 Å². The van der Waals surface area contributed by atoms with Crippen LogP contribution in [0.15, 0.2) is 77.9 Å². The first-order valence-electron chi connectivity index (χ1n) is 21.1. The Morgan fingerprint density at radius 2 is 1.61 bits per heavy atom. The summed E-state index contributed by atoms with van der Waals surface area (Å²) in [5.74, 6) is -0.115. The molecule has 3 N–H and O–H groups in total. The van der Waals surface area contributed by atoms with Gasteiger partial charge in [-0.15, -0.1) is 0 Å². The molecule has 2 aromatic carbocycles. The highest BCUT2D eigenvalue weighted by Gasteiger charge is 2.33. The molecule has 14 heteroatoms. The van der Waals surface area contributed by atoms with Crippen molar-refractivity contribution in [3.8, 4) is 16.9 Å². The number of likely N-dealkylation sites (tertiary alicyclic amines) is 2. The summed E-state index contributed by atoms with van der Waals surface area (Å²) in [5.41, 5.74) is 2.40. The van der Waals surface area contributed by atoms with E-state index in [0.717, 1.165) is 96.1 Å². The van der Waals surface area contributed by atoms with Gasteiger partial charge in [0, 0.05) is 60.7 Å². The van der Waals surface area contributed by atoms with Crippen LogP contribution in [0.1, 0.15) is 82.1 Å². The van der Waals surface area contributed by atoms with Gasteiger partial charge in [0.25, 0.3) is 5.56 Å². The topological polar surface area (TPSA) is 142 Å². The van der Waals surface area contributed by atoms with Crippen LogP contribution in [-0.4, -0.2) is 86.9 Å². The molecule has 5 heterocycles. The second-order valence-electron chi connectivity index (χ2n) is 16.6. The van der Waals surface area contributed by atoms with Gasteiger partial charge in [0.2, 0.25) is 23.7 Å². The molecule has 2 aromatic heterocycles. The molecule has 4 aliphatic rings. The molecule has 4 aromatic rings. The van der Waals surface area contributed by atoms with Crippen molar-refractivity contribution in [1.82, 2.24) is 29.7 Å². The second kappa shape index (κ2) is 18.2. The molecule has 3 saturated heterocycles. The fourth-order valence-electron chi connectivity index (χ4n) is 9.26. The molecule has 0 spiro atoms. The van der Waals surface area contributed by atoms with Gasteiger partial charge in [-0.2, -0.15) is 0 Å². The maximum atomic E-state index is 15.2. The molecule has 3 amide bonds. The van der Waals surface area contributed by atoms with E-state index in [0.29, 0.717) is 35.2 Å². The molecule has 1 saturated carbocycles. The van der Waals surface area contributed by atoms with E-state index in [1.54, 1.807) is 42.6 Å². The summed E-state index contributed by atoms with van der Waals surface area (Å²) in [5, 5.41) is 8.77. The minimum absolute atomic E-state index is 0.00219. The first-order valence-corrected chi connectivity index (χ1v) is 21.1. The minimum atomic E-state index is -0.548. The van der Waals surface area contributed by atoms with Crippen LogP contribution in [0.3, 0.4) is 0 Å². The van der Waals surface area contributed by atoms with E-state index in [1.165, 1.54) is 22.9 Å². The van der Waals surface area contributed by atoms with Crippen molar-refractivity contribution in [3.05, 3.63) is 101 Å². The zero-order valence-electron chi connectivity index (χ0n) is 33.3. The van der Waals surface area contributed by atoms with Gasteiger partial charge < -0.3 is 20.4 Å². The Hall–Kier alpha value is -5.50. The van der Waals surface area contributed by atoms with Crippen molar-refractivity contribution < 1.29 is 23.2 Å². The Morgan fingerprint density at radius 3 is 2.36 bits per heavy atom. The summed E-state index contributed by atoms with van der Waals surface area (Å²) in [4.78, 5) is 62.7. The number of anilines is 2. The monoisotopic (exact) mass is 806 g/mol. The number of nitrogens with zero attached hydrogens (tertiary/aromatic N) is 5. The number of piperidine rings is 3. The summed E-state index contributed by atoms with van der Waals surface area (Å²) >= 11 is 0. The van der Waals surface area contributed by atoms with Gasteiger partial charge in [0.15, 0.2) is 5.82 Å². The summed E-state index contributed by atoms with van der Waals surface area (Å²) in [6, 6.07) is 16.6. The lowest BCUT2D eigenvalue weighted by atomic mass is 9.84. The number of carbonyl (C=O) groups excluding carboxylic acids is 3. The van der Waals surface area contributed by atoms with Gasteiger partial charge in [-0.25, -0.2) is 18.7 Å². The highest BCUT2D eigenvalue weighted by molar-refractivity contribution is 6.01. The van der Waals surface area contributed by atoms with Crippen molar-refractivity contribution in [1.29, 1.82) is 0 Å². The molecular weight excluding hydrogens is 755 g/mol.